The number of hydrogen-bond donors (Lipinski definition) is 0. The summed E-state index contributed by atoms with van der Waals surface area (Å²) in [5.74, 6) is -0.468. The van der Waals surface area contributed by atoms with Gasteiger partial charge in [-0.1, -0.05) is 23.2 Å². The van der Waals surface area contributed by atoms with E-state index in [1.54, 1.807) is 0 Å². The molecule has 0 saturated carbocycles. The Labute approximate surface area is 83.3 Å². The van der Waals surface area contributed by atoms with Crippen LogP contribution in [0, 0.1) is 5.82 Å². The molecule has 0 N–H and O–H groups in total. The third-order valence-corrected chi connectivity index (χ3v) is 2.23. The molecule has 0 aliphatic heterocycles. The lowest BCUT2D eigenvalue weighted by atomic mass is 10.2. The maximum absolute atomic E-state index is 13.2. The molecule has 0 aliphatic carbocycles. The lowest BCUT2D eigenvalue weighted by Gasteiger charge is -2.00. The monoisotopic (exact) mass is 216 g/mol. The van der Waals surface area contributed by atoms with Crippen molar-refractivity contribution in [1.82, 2.24) is 9.97 Å². The Balaban J connectivity index is 3.00. The first-order chi connectivity index (χ1) is 6.20. The van der Waals surface area contributed by atoms with E-state index in [1.165, 1.54) is 18.5 Å². The third-order valence-electron chi connectivity index (χ3n) is 1.64. The Morgan fingerprint density at radius 3 is 2.62 bits per heavy atom. The van der Waals surface area contributed by atoms with Crippen molar-refractivity contribution in [3.05, 3.63) is 34.5 Å². The van der Waals surface area contributed by atoms with Crippen molar-refractivity contribution in [3.63, 3.8) is 0 Å². The molecule has 66 valence electrons. The molecule has 0 radical (unpaired) electrons. The zero-order valence-electron chi connectivity index (χ0n) is 6.26. The first-order valence-corrected chi connectivity index (χ1v) is 4.20. The predicted octanol–water partition coefficient (Wildman–Crippen LogP) is 3.08. The molecular formula is C8H3Cl2FN2. The summed E-state index contributed by atoms with van der Waals surface area (Å²) >= 11 is 11.5. The van der Waals surface area contributed by atoms with Gasteiger partial charge >= 0.3 is 0 Å². The summed E-state index contributed by atoms with van der Waals surface area (Å²) in [4.78, 5) is 7.50. The fourth-order valence-electron chi connectivity index (χ4n) is 1.07. The molecule has 0 unspecified atom stereocenters. The number of halogens is 3. The maximum atomic E-state index is 13.2. The molecule has 13 heavy (non-hydrogen) atoms. The summed E-state index contributed by atoms with van der Waals surface area (Å²) in [5, 5.41) is 0.599. The number of benzene rings is 1. The minimum Gasteiger partial charge on any atom is -0.235 e. The molecule has 2 aromatic rings. The highest BCUT2D eigenvalue weighted by Gasteiger charge is 2.09. The van der Waals surface area contributed by atoms with Crippen LogP contribution in [0.4, 0.5) is 4.39 Å². The van der Waals surface area contributed by atoms with E-state index in [4.69, 9.17) is 23.2 Å². The first kappa shape index (κ1) is 8.66. The second-order valence-corrected chi connectivity index (χ2v) is 3.18. The maximum Gasteiger partial charge on any atom is 0.143 e. The lowest BCUT2D eigenvalue weighted by molar-refractivity contribution is 0.639. The smallest absolute Gasteiger partial charge is 0.143 e. The van der Waals surface area contributed by atoms with Gasteiger partial charge in [-0.15, -0.1) is 0 Å². The van der Waals surface area contributed by atoms with Crippen LogP contribution in [0.3, 0.4) is 0 Å². The number of aromatic nitrogens is 2. The van der Waals surface area contributed by atoms with Crippen molar-refractivity contribution in [2.24, 2.45) is 0 Å². The van der Waals surface area contributed by atoms with Crippen LogP contribution in [0.25, 0.3) is 10.9 Å². The number of rotatable bonds is 0. The van der Waals surface area contributed by atoms with Crippen LogP contribution < -0.4 is 0 Å². The molecule has 0 bridgehead atoms. The molecule has 2 nitrogen and oxygen atoms in total. The molecule has 1 aromatic carbocycles. The third kappa shape index (κ3) is 1.34. The van der Waals surface area contributed by atoms with Crippen LogP contribution in [-0.4, -0.2) is 9.97 Å². The Bertz CT molecular complexity index is 465. The van der Waals surface area contributed by atoms with Gasteiger partial charge in [-0.3, -0.25) is 0 Å². The van der Waals surface area contributed by atoms with Gasteiger partial charge in [0.2, 0.25) is 0 Å². The Hall–Kier alpha value is -0.930. The SMILES string of the molecule is Fc1ccc(Cl)c2ncnc(Cl)c12. The molecular weight excluding hydrogens is 214 g/mol. The van der Waals surface area contributed by atoms with Gasteiger partial charge in [0.1, 0.15) is 17.3 Å². The number of fused-ring (bicyclic) bond motifs is 1. The highest BCUT2D eigenvalue weighted by Crippen LogP contribution is 2.27. The summed E-state index contributed by atoms with van der Waals surface area (Å²) in [7, 11) is 0. The van der Waals surface area contributed by atoms with Crippen molar-refractivity contribution in [1.29, 1.82) is 0 Å². The van der Waals surface area contributed by atoms with Gasteiger partial charge in [0.15, 0.2) is 0 Å². The second-order valence-electron chi connectivity index (χ2n) is 2.42. The average molecular weight is 217 g/mol. The van der Waals surface area contributed by atoms with Gasteiger partial charge in [-0.05, 0) is 12.1 Å². The first-order valence-electron chi connectivity index (χ1n) is 3.44. The van der Waals surface area contributed by atoms with Gasteiger partial charge in [-0.25, -0.2) is 14.4 Å². The van der Waals surface area contributed by atoms with Gasteiger partial charge in [-0.2, -0.15) is 0 Å². The molecule has 0 amide bonds. The van der Waals surface area contributed by atoms with Crippen molar-refractivity contribution in [3.8, 4) is 0 Å². The van der Waals surface area contributed by atoms with E-state index in [-0.39, 0.29) is 10.5 Å². The van der Waals surface area contributed by atoms with Crippen molar-refractivity contribution in [2.45, 2.75) is 0 Å². The van der Waals surface area contributed by atoms with Gasteiger partial charge in [0.25, 0.3) is 0 Å². The van der Waals surface area contributed by atoms with Crippen molar-refractivity contribution in [2.75, 3.05) is 0 Å². The molecule has 2 rings (SSSR count). The Morgan fingerprint density at radius 2 is 1.92 bits per heavy atom. The minimum atomic E-state index is -0.468. The summed E-state index contributed by atoms with van der Waals surface area (Å²) < 4.78 is 13.2. The predicted molar refractivity (Wildman–Crippen MR) is 49.5 cm³/mol. The molecule has 0 saturated heterocycles. The van der Waals surface area contributed by atoms with E-state index < -0.39 is 5.82 Å². The molecule has 0 spiro atoms. The van der Waals surface area contributed by atoms with Crippen LogP contribution in [0.2, 0.25) is 10.2 Å². The van der Waals surface area contributed by atoms with E-state index in [9.17, 15) is 4.39 Å². The summed E-state index contributed by atoms with van der Waals surface area (Å²) in [5.41, 5.74) is 0.335. The van der Waals surface area contributed by atoms with Crippen LogP contribution in [0.1, 0.15) is 0 Å². The summed E-state index contributed by atoms with van der Waals surface area (Å²) in [6.07, 6.45) is 1.25. The second kappa shape index (κ2) is 3.09. The fraction of sp³-hybridized carbons (Fsp3) is 0. The quantitative estimate of drug-likeness (QED) is 0.633. The Kier molecular flexibility index (Phi) is 2.06. The highest BCUT2D eigenvalue weighted by molar-refractivity contribution is 6.38. The lowest BCUT2D eigenvalue weighted by Crippen LogP contribution is -1.88. The molecule has 0 atom stereocenters. The summed E-state index contributed by atoms with van der Waals surface area (Å²) in [6, 6.07) is 2.67. The van der Waals surface area contributed by atoms with Gasteiger partial charge < -0.3 is 0 Å². The average Bonchev–Trinajstić information content (AvgIpc) is 2.12. The van der Waals surface area contributed by atoms with Gasteiger partial charge in [0.05, 0.1) is 15.9 Å². The van der Waals surface area contributed by atoms with Crippen LogP contribution in [-0.2, 0) is 0 Å². The molecule has 0 aliphatic rings. The van der Waals surface area contributed by atoms with Crippen LogP contribution >= 0.6 is 23.2 Å². The normalized spacial score (nSPS) is 10.7. The fourth-order valence-corrected chi connectivity index (χ4v) is 1.50. The number of nitrogens with zero attached hydrogens (tertiary/aromatic N) is 2. The van der Waals surface area contributed by atoms with E-state index in [0.29, 0.717) is 10.5 Å². The zero-order valence-corrected chi connectivity index (χ0v) is 7.77. The summed E-state index contributed by atoms with van der Waals surface area (Å²) in [6.45, 7) is 0. The van der Waals surface area contributed by atoms with E-state index in [0.717, 1.165) is 0 Å². The van der Waals surface area contributed by atoms with E-state index >= 15 is 0 Å². The van der Waals surface area contributed by atoms with Crippen LogP contribution in [0.15, 0.2) is 18.5 Å². The topological polar surface area (TPSA) is 25.8 Å². The molecule has 1 heterocycles. The number of hydrogen-bond acceptors (Lipinski definition) is 2. The van der Waals surface area contributed by atoms with E-state index in [1.807, 2.05) is 0 Å². The highest BCUT2D eigenvalue weighted by atomic mass is 35.5. The standard InChI is InChI=1S/C8H3Cl2FN2/c9-4-1-2-5(11)6-7(4)12-3-13-8(6)10/h1-3H. The van der Waals surface area contributed by atoms with Crippen molar-refractivity contribution < 1.29 is 4.39 Å². The Morgan fingerprint density at radius 1 is 1.15 bits per heavy atom. The molecule has 0 fully saturated rings. The van der Waals surface area contributed by atoms with Crippen LogP contribution in [0.5, 0.6) is 0 Å². The molecule has 5 heteroatoms. The zero-order chi connectivity index (χ0) is 9.42. The van der Waals surface area contributed by atoms with Gasteiger partial charge in [0, 0.05) is 0 Å². The largest absolute Gasteiger partial charge is 0.235 e. The molecule has 1 aromatic heterocycles. The minimum absolute atomic E-state index is 0.0741. The van der Waals surface area contributed by atoms with E-state index in [2.05, 4.69) is 9.97 Å². The van der Waals surface area contributed by atoms with Crippen molar-refractivity contribution >= 4 is 34.1 Å².